The minimum atomic E-state index is -3.02. The Balaban J connectivity index is 2.03. The molecule has 0 aliphatic carbocycles. The predicted octanol–water partition coefficient (Wildman–Crippen LogP) is 6.30. The molecule has 2 rings (SSSR count). The van der Waals surface area contributed by atoms with Gasteiger partial charge in [0.1, 0.15) is 11.8 Å². The summed E-state index contributed by atoms with van der Waals surface area (Å²) in [6.07, 6.45) is 11.3. The van der Waals surface area contributed by atoms with Crippen LogP contribution in [0.4, 0.5) is 11.4 Å². The molecule has 2 aromatic rings. The van der Waals surface area contributed by atoms with Crippen molar-refractivity contribution < 1.29 is 44.4 Å². The van der Waals surface area contributed by atoms with E-state index >= 15 is 0 Å². The Hall–Kier alpha value is -4.51. The number of hydrogen-bond donors (Lipinski definition) is 5. The maximum absolute atomic E-state index is 13.4. The highest BCUT2D eigenvalue weighted by atomic mass is 16.4. The number of aliphatic hydroxyl groups is 1. The summed E-state index contributed by atoms with van der Waals surface area (Å²) in [4.78, 5) is 63.2. The first-order valence-electron chi connectivity index (χ1n) is 17.2. The van der Waals surface area contributed by atoms with Gasteiger partial charge in [-0.15, -0.1) is 0 Å². The molecule has 0 radical (unpaired) electrons. The molecule has 0 saturated carbocycles. The summed E-state index contributed by atoms with van der Waals surface area (Å²) in [5.74, 6) is -7.66. The van der Waals surface area contributed by atoms with Gasteiger partial charge in [0, 0.05) is 37.7 Å². The van der Waals surface area contributed by atoms with Gasteiger partial charge in [-0.3, -0.25) is 14.4 Å². The van der Waals surface area contributed by atoms with Crippen molar-refractivity contribution in [3.63, 3.8) is 0 Å². The molecule has 0 aromatic heterocycles. The van der Waals surface area contributed by atoms with E-state index in [2.05, 4.69) is 12.2 Å². The summed E-state index contributed by atoms with van der Waals surface area (Å²) in [7, 11) is 1.89. The lowest BCUT2D eigenvalue weighted by atomic mass is 9.82. The van der Waals surface area contributed by atoms with Crippen LogP contribution < -0.4 is 10.2 Å². The fourth-order valence-corrected chi connectivity index (χ4v) is 5.59. The second-order valence-electron chi connectivity index (χ2n) is 12.5. The van der Waals surface area contributed by atoms with E-state index in [1.807, 2.05) is 42.3 Å². The van der Waals surface area contributed by atoms with E-state index in [9.17, 15) is 44.4 Å². The van der Waals surface area contributed by atoms with E-state index in [1.54, 1.807) is 24.3 Å². The van der Waals surface area contributed by atoms with E-state index in [1.165, 1.54) is 12.5 Å². The van der Waals surface area contributed by atoms with Gasteiger partial charge in [0.25, 0.3) is 0 Å². The average Bonchev–Trinajstić information content (AvgIpc) is 3.07. The quantitative estimate of drug-likeness (QED) is 0.0590. The molecule has 0 heterocycles. The zero-order chi connectivity index (χ0) is 36.2. The fraction of sp³-hybridized carbons (Fsp3) is 0.500. The molecule has 0 unspecified atom stereocenters. The van der Waals surface area contributed by atoms with Gasteiger partial charge in [-0.1, -0.05) is 87.9 Å². The van der Waals surface area contributed by atoms with E-state index in [4.69, 9.17) is 0 Å². The van der Waals surface area contributed by atoms with Crippen LogP contribution in [-0.4, -0.2) is 68.7 Å². The number of carbonyl (C=O) groups excluding carboxylic acids is 2. The molecule has 0 fully saturated rings. The maximum Gasteiger partial charge on any atom is 0.337 e. The smallest absolute Gasteiger partial charge is 0.337 e. The Morgan fingerprint density at radius 1 is 0.796 bits per heavy atom. The predicted molar refractivity (Wildman–Crippen MR) is 188 cm³/mol. The summed E-state index contributed by atoms with van der Waals surface area (Å²) in [6.45, 7) is 2.15. The molecule has 0 saturated heterocycles. The number of nitrogens with zero attached hydrogens (tertiary/aromatic N) is 1. The number of Topliss-reactive ketones (excluding diaryl/α,β-unsaturated/α-hetero) is 1. The van der Waals surface area contributed by atoms with Crippen molar-refractivity contribution in [2.75, 3.05) is 11.9 Å². The third-order valence-corrected chi connectivity index (χ3v) is 8.57. The molecule has 3 atom stereocenters. The number of benzene rings is 2. The molecule has 0 aliphatic heterocycles. The Kier molecular flexibility index (Phi) is 17.8. The highest BCUT2D eigenvalue weighted by Crippen LogP contribution is 2.27. The monoisotopic (exact) mass is 680 g/mol. The fourth-order valence-electron chi connectivity index (χ4n) is 5.59. The Bertz CT molecular complexity index is 1380. The van der Waals surface area contributed by atoms with E-state index in [0.717, 1.165) is 62.4 Å². The van der Waals surface area contributed by atoms with Crippen LogP contribution in [0.15, 0.2) is 66.7 Å². The zero-order valence-corrected chi connectivity index (χ0v) is 28.7. The molecule has 11 heteroatoms. The molecular weight excluding hydrogens is 628 g/mol. The van der Waals surface area contributed by atoms with Crippen LogP contribution in [0.5, 0.6) is 0 Å². The van der Waals surface area contributed by atoms with Crippen LogP contribution in [0, 0.1) is 5.92 Å². The van der Waals surface area contributed by atoms with Crippen molar-refractivity contribution in [1.29, 1.82) is 0 Å². The SMILES string of the molecule is CCCCCCCC(=O)CCCCCC/C=C/[C@@H](C(=O)N[C@@H](Cc1ccc(N(C)c2ccccc2)cc1)C(=O)O)[C@@](O)(CC(=O)O)C(=O)O. The van der Waals surface area contributed by atoms with Crippen molar-refractivity contribution in [3.8, 4) is 0 Å². The highest BCUT2D eigenvalue weighted by molar-refractivity contribution is 5.94. The van der Waals surface area contributed by atoms with Crippen LogP contribution in [0.3, 0.4) is 0 Å². The van der Waals surface area contributed by atoms with Gasteiger partial charge >= 0.3 is 17.9 Å². The number of carboxylic acids is 3. The van der Waals surface area contributed by atoms with Gasteiger partial charge in [-0.2, -0.15) is 0 Å². The third kappa shape index (κ3) is 14.2. The number of ketones is 1. The number of carbonyl (C=O) groups is 5. The van der Waals surface area contributed by atoms with Crippen LogP contribution in [-0.2, 0) is 30.4 Å². The molecule has 1 amide bonds. The van der Waals surface area contributed by atoms with Gasteiger partial charge < -0.3 is 30.6 Å². The second kappa shape index (κ2) is 21.5. The lowest BCUT2D eigenvalue weighted by molar-refractivity contribution is -0.172. The largest absolute Gasteiger partial charge is 0.481 e. The number of unbranched alkanes of at least 4 members (excludes halogenated alkanes) is 8. The lowest BCUT2D eigenvalue weighted by Gasteiger charge is -2.29. The van der Waals surface area contributed by atoms with Crippen LogP contribution in [0.2, 0.25) is 0 Å². The van der Waals surface area contributed by atoms with Gasteiger partial charge in [-0.25, -0.2) is 9.59 Å². The molecule has 268 valence electrons. The van der Waals surface area contributed by atoms with Crippen molar-refractivity contribution in [2.24, 2.45) is 5.92 Å². The first-order chi connectivity index (χ1) is 23.4. The average molecular weight is 681 g/mol. The molecule has 0 spiro atoms. The number of allylic oxidation sites excluding steroid dienone is 1. The molecule has 11 nitrogen and oxygen atoms in total. The number of carboxylic acid groups (broad SMARTS) is 3. The van der Waals surface area contributed by atoms with Crippen LogP contribution in [0.1, 0.15) is 96.0 Å². The maximum atomic E-state index is 13.4. The molecule has 49 heavy (non-hydrogen) atoms. The molecule has 0 bridgehead atoms. The van der Waals surface area contributed by atoms with Gasteiger partial charge in [0.15, 0.2) is 5.60 Å². The lowest BCUT2D eigenvalue weighted by Crippen LogP contribution is -2.55. The Labute approximate surface area is 289 Å². The first-order valence-corrected chi connectivity index (χ1v) is 17.2. The summed E-state index contributed by atoms with van der Waals surface area (Å²) in [5.41, 5.74) is -0.640. The summed E-state index contributed by atoms with van der Waals surface area (Å²) < 4.78 is 0. The zero-order valence-electron chi connectivity index (χ0n) is 28.7. The number of aliphatic carboxylic acids is 3. The number of rotatable bonds is 25. The number of hydrogen-bond acceptors (Lipinski definition) is 7. The van der Waals surface area contributed by atoms with Gasteiger partial charge in [0.05, 0.1) is 12.3 Å². The Morgan fingerprint density at radius 3 is 1.92 bits per heavy atom. The molecule has 2 aromatic carbocycles. The molecule has 5 N–H and O–H groups in total. The Morgan fingerprint density at radius 2 is 1.37 bits per heavy atom. The van der Waals surface area contributed by atoms with Gasteiger partial charge in [-0.05, 0) is 55.5 Å². The number of nitrogens with one attached hydrogen (secondary N) is 1. The number of amides is 1. The van der Waals surface area contributed by atoms with Crippen molar-refractivity contribution in [2.45, 2.75) is 108 Å². The van der Waals surface area contributed by atoms with Crippen LogP contribution in [0.25, 0.3) is 0 Å². The number of anilines is 2. The first kappa shape index (κ1) is 40.7. The minimum absolute atomic E-state index is 0.140. The normalized spacial score (nSPS) is 13.7. The van der Waals surface area contributed by atoms with E-state index in [-0.39, 0.29) is 12.2 Å². The van der Waals surface area contributed by atoms with E-state index < -0.39 is 47.8 Å². The molecular formula is C38H52N2O9. The standard InChI is InChI=1S/C38H52N2O9/c1-3-4-5-8-14-19-31(41)20-15-9-6-7-10-16-21-32(38(49,37(47)48)27-34(42)43)35(44)39-33(36(45)46)26-28-22-24-30(25-23-28)40(2)29-17-12-11-13-18-29/h11-13,16-18,21-25,32-33,49H,3-10,14-15,19-20,26-27H2,1-2H3,(H,39,44)(H,42,43)(H,45,46)(H,47,48)/b21-16+/t32-,33-,38-/m0/s1. The summed E-state index contributed by atoms with van der Waals surface area (Å²) in [6, 6.07) is 15.2. The van der Waals surface area contributed by atoms with Crippen molar-refractivity contribution in [1.82, 2.24) is 5.32 Å². The third-order valence-electron chi connectivity index (χ3n) is 8.57. The number of para-hydroxylation sites is 1. The second-order valence-corrected chi connectivity index (χ2v) is 12.5. The topological polar surface area (TPSA) is 182 Å². The van der Waals surface area contributed by atoms with E-state index in [0.29, 0.717) is 31.2 Å². The minimum Gasteiger partial charge on any atom is -0.481 e. The highest BCUT2D eigenvalue weighted by Gasteiger charge is 2.49. The van der Waals surface area contributed by atoms with Crippen LogP contribution >= 0.6 is 0 Å². The van der Waals surface area contributed by atoms with Gasteiger partial charge in [0.2, 0.25) is 5.91 Å². The summed E-state index contributed by atoms with van der Waals surface area (Å²) in [5, 5.41) is 42.3. The van der Waals surface area contributed by atoms with Crippen molar-refractivity contribution >= 4 is 41.0 Å². The van der Waals surface area contributed by atoms with Crippen molar-refractivity contribution in [3.05, 3.63) is 72.3 Å². The molecule has 0 aliphatic rings. The summed E-state index contributed by atoms with van der Waals surface area (Å²) >= 11 is 0.